The van der Waals surface area contributed by atoms with Gasteiger partial charge in [0.05, 0.1) is 6.26 Å². The fourth-order valence-electron chi connectivity index (χ4n) is 2.49. The summed E-state index contributed by atoms with van der Waals surface area (Å²) in [7, 11) is -3.19. The minimum atomic E-state index is -3.19. The Labute approximate surface area is 134 Å². The number of nitrogens with one attached hydrogen (secondary N) is 2. The molecule has 2 N–H and O–H groups in total. The Kier molecular flexibility index (Phi) is 5.70. The number of piperidine rings is 1. The van der Waals surface area contributed by atoms with Crippen molar-refractivity contribution < 1.29 is 13.2 Å². The number of nitrogens with zero attached hydrogens (tertiary/aromatic N) is 3. The molecule has 1 atom stereocenters. The van der Waals surface area contributed by atoms with Crippen molar-refractivity contribution in [2.75, 3.05) is 24.7 Å². The van der Waals surface area contributed by atoms with E-state index < -0.39 is 10.0 Å². The van der Waals surface area contributed by atoms with Gasteiger partial charge in [0, 0.05) is 19.1 Å². The van der Waals surface area contributed by atoms with Crippen LogP contribution >= 0.6 is 11.3 Å². The van der Waals surface area contributed by atoms with Crippen molar-refractivity contribution in [3.05, 3.63) is 5.01 Å². The molecule has 2 amide bonds. The van der Waals surface area contributed by atoms with Crippen LogP contribution in [0, 0.1) is 6.92 Å². The Balaban J connectivity index is 1.92. The van der Waals surface area contributed by atoms with Gasteiger partial charge in [0.15, 0.2) is 0 Å². The lowest BCUT2D eigenvalue weighted by molar-refractivity contribution is 0.158. The first-order valence-corrected chi connectivity index (χ1v) is 9.88. The van der Waals surface area contributed by atoms with Crippen LogP contribution in [-0.2, 0) is 10.0 Å². The molecule has 124 valence electrons. The van der Waals surface area contributed by atoms with Crippen molar-refractivity contribution in [3.8, 4) is 0 Å². The summed E-state index contributed by atoms with van der Waals surface area (Å²) in [6, 6.07) is -0.155. The molecule has 2 heterocycles. The lowest BCUT2D eigenvalue weighted by atomic mass is 10.00. The highest BCUT2D eigenvalue weighted by atomic mass is 32.2. The van der Waals surface area contributed by atoms with Gasteiger partial charge in [0.1, 0.15) is 5.01 Å². The fourth-order valence-corrected chi connectivity index (χ4v) is 3.56. The van der Waals surface area contributed by atoms with E-state index in [9.17, 15) is 13.2 Å². The van der Waals surface area contributed by atoms with E-state index in [2.05, 4.69) is 20.2 Å². The Morgan fingerprint density at radius 3 is 2.82 bits per heavy atom. The number of sulfonamides is 1. The molecule has 1 unspecified atom stereocenters. The van der Waals surface area contributed by atoms with Gasteiger partial charge in [-0.3, -0.25) is 5.32 Å². The van der Waals surface area contributed by atoms with Crippen LogP contribution in [0.5, 0.6) is 0 Å². The third kappa shape index (κ3) is 5.18. The molecule has 8 nitrogen and oxygen atoms in total. The molecular weight excluding hydrogens is 326 g/mol. The number of carbonyl (C=O) groups excluding carboxylic acids is 1. The van der Waals surface area contributed by atoms with Gasteiger partial charge in [-0.2, -0.15) is 0 Å². The van der Waals surface area contributed by atoms with Crippen LogP contribution in [0.2, 0.25) is 0 Å². The standard InChI is InChI=1S/C12H21N5O3S2/c1-9-15-16-11(21-9)14-12(18)17-8-4-3-5-10(17)6-7-13-22(2,19)20/h10,13H,3-8H2,1-2H3,(H,14,16,18). The molecule has 22 heavy (non-hydrogen) atoms. The number of likely N-dealkylation sites (tertiary alicyclic amines) is 1. The third-order valence-electron chi connectivity index (χ3n) is 3.47. The van der Waals surface area contributed by atoms with Crippen molar-refractivity contribution in [2.45, 2.75) is 38.6 Å². The van der Waals surface area contributed by atoms with Crippen molar-refractivity contribution in [2.24, 2.45) is 0 Å². The summed E-state index contributed by atoms with van der Waals surface area (Å²) in [6.07, 6.45) is 4.63. The Hall–Kier alpha value is -1.26. The minimum Gasteiger partial charge on any atom is -0.321 e. The van der Waals surface area contributed by atoms with E-state index in [-0.39, 0.29) is 12.1 Å². The zero-order valence-electron chi connectivity index (χ0n) is 12.7. The third-order valence-corrected chi connectivity index (χ3v) is 4.95. The van der Waals surface area contributed by atoms with Crippen molar-refractivity contribution in [1.29, 1.82) is 0 Å². The van der Waals surface area contributed by atoms with Gasteiger partial charge in [-0.15, -0.1) is 10.2 Å². The second-order valence-corrected chi connectivity index (χ2v) is 8.37. The maximum Gasteiger partial charge on any atom is 0.323 e. The average Bonchev–Trinajstić information content (AvgIpc) is 2.83. The van der Waals surface area contributed by atoms with E-state index in [4.69, 9.17) is 0 Å². The summed E-state index contributed by atoms with van der Waals surface area (Å²) in [5.41, 5.74) is 0. The van der Waals surface area contributed by atoms with E-state index >= 15 is 0 Å². The lowest BCUT2D eigenvalue weighted by Crippen LogP contribution is -2.47. The fraction of sp³-hybridized carbons (Fsp3) is 0.750. The predicted molar refractivity (Wildman–Crippen MR) is 85.5 cm³/mol. The molecule has 1 aliphatic heterocycles. The van der Waals surface area contributed by atoms with Crippen LogP contribution in [0.25, 0.3) is 0 Å². The number of hydrogen-bond acceptors (Lipinski definition) is 6. The summed E-state index contributed by atoms with van der Waals surface area (Å²) in [6.45, 7) is 2.84. The SMILES string of the molecule is Cc1nnc(NC(=O)N2CCCCC2CCNS(C)(=O)=O)s1. The van der Waals surface area contributed by atoms with E-state index in [0.29, 0.717) is 24.6 Å². The van der Waals surface area contributed by atoms with E-state index in [1.54, 1.807) is 4.90 Å². The molecule has 2 rings (SSSR count). The second-order valence-electron chi connectivity index (χ2n) is 5.35. The zero-order chi connectivity index (χ0) is 16.2. The molecule has 1 aliphatic rings. The van der Waals surface area contributed by atoms with Gasteiger partial charge in [-0.25, -0.2) is 17.9 Å². The minimum absolute atomic E-state index is 0.0389. The summed E-state index contributed by atoms with van der Waals surface area (Å²) in [5.74, 6) is 0. The molecule has 0 saturated carbocycles. The maximum atomic E-state index is 12.4. The van der Waals surface area contributed by atoms with Crippen LogP contribution in [0.4, 0.5) is 9.93 Å². The topological polar surface area (TPSA) is 104 Å². The van der Waals surface area contributed by atoms with Gasteiger partial charge in [-0.1, -0.05) is 11.3 Å². The first-order valence-electron chi connectivity index (χ1n) is 7.17. The van der Waals surface area contributed by atoms with E-state index in [1.165, 1.54) is 11.3 Å². The van der Waals surface area contributed by atoms with Crippen LogP contribution in [0.3, 0.4) is 0 Å². The van der Waals surface area contributed by atoms with Gasteiger partial charge < -0.3 is 4.90 Å². The largest absolute Gasteiger partial charge is 0.323 e. The first kappa shape index (κ1) is 17.1. The van der Waals surface area contributed by atoms with Gasteiger partial charge in [-0.05, 0) is 32.6 Å². The highest BCUT2D eigenvalue weighted by Crippen LogP contribution is 2.21. The molecule has 1 aromatic heterocycles. The lowest BCUT2D eigenvalue weighted by Gasteiger charge is -2.35. The number of aromatic nitrogens is 2. The summed E-state index contributed by atoms with van der Waals surface area (Å²) >= 11 is 1.33. The highest BCUT2D eigenvalue weighted by molar-refractivity contribution is 7.88. The van der Waals surface area contributed by atoms with Crippen molar-refractivity contribution >= 4 is 32.5 Å². The number of hydrogen-bond donors (Lipinski definition) is 2. The van der Waals surface area contributed by atoms with Crippen LogP contribution in [0.15, 0.2) is 0 Å². The molecule has 1 aromatic rings. The molecule has 1 fully saturated rings. The first-order chi connectivity index (χ1) is 10.3. The smallest absolute Gasteiger partial charge is 0.321 e. The van der Waals surface area contributed by atoms with Crippen LogP contribution in [-0.4, -0.2) is 54.9 Å². The molecule has 0 bridgehead atoms. The van der Waals surface area contributed by atoms with Crippen molar-refractivity contribution in [3.63, 3.8) is 0 Å². The number of carbonyl (C=O) groups is 1. The molecule has 0 aliphatic carbocycles. The molecule has 10 heteroatoms. The number of anilines is 1. The number of amides is 2. The summed E-state index contributed by atoms with van der Waals surface area (Å²) in [4.78, 5) is 14.1. The normalized spacial score (nSPS) is 19.2. The van der Waals surface area contributed by atoms with Crippen LogP contribution in [0.1, 0.15) is 30.7 Å². The second kappa shape index (κ2) is 7.34. The predicted octanol–water partition coefficient (Wildman–Crippen LogP) is 1.17. The Bertz CT molecular complexity index is 616. The molecule has 1 saturated heterocycles. The van der Waals surface area contributed by atoms with Gasteiger partial charge in [0.25, 0.3) is 0 Å². The van der Waals surface area contributed by atoms with Crippen molar-refractivity contribution in [1.82, 2.24) is 19.8 Å². The maximum absolute atomic E-state index is 12.4. The van der Waals surface area contributed by atoms with E-state index in [0.717, 1.165) is 30.5 Å². The summed E-state index contributed by atoms with van der Waals surface area (Å²) in [5, 5.41) is 11.8. The quantitative estimate of drug-likeness (QED) is 0.832. The number of aryl methyl sites for hydroxylation is 1. The Morgan fingerprint density at radius 2 is 2.18 bits per heavy atom. The average molecular weight is 347 g/mol. The van der Waals surface area contributed by atoms with E-state index in [1.807, 2.05) is 6.92 Å². The Morgan fingerprint density at radius 1 is 1.41 bits per heavy atom. The monoisotopic (exact) mass is 347 g/mol. The molecular formula is C12H21N5O3S2. The van der Waals surface area contributed by atoms with Gasteiger partial charge >= 0.3 is 6.03 Å². The zero-order valence-corrected chi connectivity index (χ0v) is 14.3. The molecule has 0 radical (unpaired) electrons. The van der Waals surface area contributed by atoms with Gasteiger partial charge in [0.2, 0.25) is 15.2 Å². The number of urea groups is 1. The molecule has 0 spiro atoms. The van der Waals surface area contributed by atoms with Crippen LogP contribution < -0.4 is 10.0 Å². The highest BCUT2D eigenvalue weighted by Gasteiger charge is 2.27. The summed E-state index contributed by atoms with van der Waals surface area (Å²) < 4.78 is 24.7. The number of rotatable bonds is 5. The molecule has 0 aromatic carbocycles.